The summed E-state index contributed by atoms with van der Waals surface area (Å²) >= 11 is 0. The largest absolute Gasteiger partial charge is 0.463 e. The third kappa shape index (κ3) is 16.9. The van der Waals surface area contributed by atoms with E-state index in [-0.39, 0.29) is 18.8 Å². The van der Waals surface area contributed by atoms with E-state index in [0.717, 1.165) is 32.1 Å². The third-order valence-electron chi connectivity index (χ3n) is 3.72. The second-order valence-electron chi connectivity index (χ2n) is 6.09. The molecule has 0 saturated heterocycles. The molecule has 0 radical (unpaired) electrons. The lowest BCUT2D eigenvalue weighted by atomic mass is 10.0. The molecule has 23 heavy (non-hydrogen) atoms. The lowest BCUT2D eigenvalue weighted by Gasteiger charge is -2.09. The number of esters is 1. The van der Waals surface area contributed by atoms with Crippen molar-refractivity contribution in [3.63, 3.8) is 0 Å². The van der Waals surface area contributed by atoms with Crippen molar-refractivity contribution >= 4 is 11.8 Å². The summed E-state index contributed by atoms with van der Waals surface area (Å²) in [6.45, 7) is 1.19. The van der Waals surface area contributed by atoms with E-state index in [1.807, 2.05) is 0 Å². The molecule has 0 spiro atoms. The maximum atomic E-state index is 11.6. The van der Waals surface area contributed by atoms with Crippen molar-refractivity contribution in [1.82, 2.24) is 0 Å². The van der Waals surface area contributed by atoms with Crippen LogP contribution in [0.2, 0.25) is 0 Å². The summed E-state index contributed by atoms with van der Waals surface area (Å²) in [5, 5.41) is 9.54. The van der Waals surface area contributed by atoms with Crippen LogP contribution in [-0.2, 0) is 14.3 Å². The fourth-order valence-electron chi connectivity index (χ4n) is 2.42. The molecule has 132 valence electrons. The number of carbonyl (C=O) groups excluding carboxylic acids is 2. The van der Waals surface area contributed by atoms with Gasteiger partial charge in [0.05, 0.1) is 6.10 Å². The summed E-state index contributed by atoms with van der Waals surface area (Å²) in [5.41, 5.74) is 0. The number of Topliss-reactive ketones (excluding diaryl/α,β-unsaturated/α-hetero) is 1. The lowest BCUT2D eigenvalue weighted by Crippen LogP contribution is -2.20. The minimum absolute atomic E-state index is 0.0400. The molecular formula is C19H32O4. The van der Waals surface area contributed by atoms with Crippen molar-refractivity contribution < 1.29 is 19.4 Å². The Hall–Kier alpha value is -1.34. The van der Waals surface area contributed by atoms with Crippen LogP contribution >= 0.6 is 0 Å². The minimum atomic E-state index is -0.874. The molecule has 0 amide bonds. The first-order chi connectivity index (χ1) is 11.1. The van der Waals surface area contributed by atoms with Crippen molar-refractivity contribution in [3.8, 4) is 12.3 Å². The van der Waals surface area contributed by atoms with Gasteiger partial charge in [0.2, 0.25) is 0 Å². The van der Waals surface area contributed by atoms with Gasteiger partial charge in [0.15, 0.2) is 0 Å². The molecule has 1 N–H and O–H groups in total. The van der Waals surface area contributed by atoms with E-state index in [0.29, 0.717) is 6.42 Å². The molecule has 0 aromatic heterocycles. The summed E-state index contributed by atoms with van der Waals surface area (Å²) in [5.74, 6) is 2.26. The molecule has 0 bridgehead atoms. The molecule has 0 aromatic carbocycles. The van der Waals surface area contributed by atoms with Gasteiger partial charge in [0.25, 0.3) is 0 Å². The van der Waals surface area contributed by atoms with E-state index in [9.17, 15) is 14.7 Å². The van der Waals surface area contributed by atoms with Crippen LogP contribution in [0.5, 0.6) is 0 Å². The van der Waals surface area contributed by atoms with Crippen LogP contribution in [0.4, 0.5) is 0 Å². The quantitative estimate of drug-likeness (QED) is 0.283. The molecule has 0 aliphatic heterocycles. The first-order valence-electron chi connectivity index (χ1n) is 8.83. The fourth-order valence-corrected chi connectivity index (χ4v) is 2.42. The molecule has 0 rings (SSSR count). The molecule has 0 aromatic rings. The molecule has 0 aliphatic carbocycles. The van der Waals surface area contributed by atoms with Gasteiger partial charge in [-0.2, -0.15) is 0 Å². The maximum absolute atomic E-state index is 11.6. The van der Waals surface area contributed by atoms with Gasteiger partial charge in [-0.25, -0.2) is 0 Å². The van der Waals surface area contributed by atoms with Crippen molar-refractivity contribution in [2.24, 2.45) is 0 Å². The van der Waals surface area contributed by atoms with Crippen LogP contribution in [0.1, 0.15) is 84.0 Å². The number of ether oxygens (including phenoxy) is 1. The summed E-state index contributed by atoms with van der Waals surface area (Å²) < 4.78 is 4.67. The standard InChI is InChI=1S/C19H32O4/c1-3-4-5-6-7-8-9-10-11-12-13-14-18(21)15-19(22)16-23-17(2)20/h1,19,22H,4-16H2,2H3/t19-/m1/s1. The van der Waals surface area contributed by atoms with E-state index in [1.54, 1.807) is 0 Å². The van der Waals surface area contributed by atoms with Gasteiger partial charge in [-0.05, 0) is 12.8 Å². The molecule has 4 heteroatoms. The van der Waals surface area contributed by atoms with Gasteiger partial charge in [-0.15, -0.1) is 12.3 Å². The van der Waals surface area contributed by atoms with Crippen molar-refractivity contribution in [2.45, 2.75) is 90.1 Å². The highest BCUT2D eigenvalue weighted by molar-refractivity contribution is 5.78. The number of ketones is 1. The Labute approximate surface area is 141 Å². The number of aliphatic hydroxyl groups is 1. The monoisotopic (exact) mass is 324 g/mol. The van der Waals surface area contributed by atoms with E-state index in [4.69, 9.17) is 6.42 Å². The Morgan fingerprint density at radius 2 is 1.52 bits per heavy atom. The van der Waals surface area contributed by atoms with Gasteiger partial charge in [0.1, 0.15) is 12.4 Å². The Bertz CT molecular complexity index is 357. The second kappa shape index (κ2) is 15.6. The average molecular weight is 324 g/mol. The van der Waals surface area contributed by atoms with Crippen LogP contribution in [0.15, 0.2) is 0 Å². The van der Waals surface area contributed by atoms with Gasteiger partial charge in [-0.3, -0.25) is 9.59 Å². The second-order valence-corrected chi connectivity index (χ2v) is 6.09. The molecule has 0 saturated carbocycles. The number of aliphatic hydroxyl groups excluding tert-OH is 1. The summed E-state index contributed by atoms with van der Waals surface area (Å²) in [4.78, 5) is 22.2. The number of rotatable bonds is 15. The first kappa shape index (κ1) is 21.7. The number of hydrogen-bond donors (Lipinski definition) is 1. The maximum Gasteiger partial charge on any atom is 0.302 e. The molecule has 0 unspecified atom stereocenters. The Morgan fingerprint density at radius 3 is 2.04 bits per heavy atom. The predicted octanol–water partition coefficient (Wildman–Crippen LogP) is 3.79. The highest BCUT2D eigenvalue weighted by Crippen LogP contribution is 2.12. The van der Waals surface area contributed by atoms with E-state index < -0.39 is 12.1 Å². The SMILES string of the molecule is C#CCCCCCCCCCCCC(=O)C[C@@H](O)COC(C)=O. The summed E-state index contributed by atoms with van der Waals surface area (Å²) in [7, 11) is 0. The molecule has 1 atom stereocenters. The highest BCUT2D eigenvalue weighted by Gasteiger charge is 2.11. The molecular weight excluding hydrogens is 292 g/mol. The van der Waals surface area contributed by atoms with E-state index in [1.165, 1.54) is 39.0 Å². The van der Waals surface area contributed by atoms with E-state index in [2.05, 4.69) is 10.7 Å². The predicted molar refractivity (Wildman–Crippen MR) is 91.9 cm³/mol. The van der Waals surface area contributed by atoms with Gasteiger partial charge in [-0.1, -0.05) is 44.9 Å². The number of carbonyl (C=O) groups is 2. The summed E-state index contributed by atoms with van der Waals surface area (Å²) in [6, 6.07) is 0. The number of hydrogen-bond acceptors (Lipinski definition) is 4. The van der Waals surface area contributed by atoms with Gasteiger partial charge < -0.3 is 9.84 Å². The van der Waals surface area contributed by atoms with Crippen LogP contribution in [0.25, 0.3) is 0 Å². The van der Waals surface area contributed by atoms with Crippen LogP contribution in [-0.4, -0.2) is 29.6 Å². The van der Waals surface area contributed by atoms with Gasteiger partial charge >= 0.3 is 5.97 Å². The van der Waals surface area contributed by atoms with Crippen LogP contribution < -0.4 is 0 Å². The lowest BCUT2D eigenvalue weighted by molar-refractivity contribution is -0.145. The minimum Gasteiger partial charge on any atom is -0.463 e. The molecule has 0 heterocycles. The van der Waals surface area contributed by atoms with Crippen molar-refractivity contribution in [2.75, 3.05) is 6.61 Å². The zero-order chi connectivity index (χ0) is 17.3. The van der Waals surface area contributed by atoms with Gasteiger partial charge in [0, 0.05) is 26.2 Å². The smallest absolute Gasteiger partial charge is 0.302 e. The zero-order valence-electron chi connectivity index (χ0n) is 14.5. The average Bonchev–Trinajstić information content (AvgIpc) is 2.50. The Balaban J connectivity index is 3.32. The molecule has 0 aliphatic rings. The first-order valence-corrected chi connectivity index (χ1v) is 8.83. The Morgan fingerprint density at radius 1 is 1.00 bits per heavy atom. The Kier molecular flexibility index (Phi) is 14.6. The normalized spacial score (nSPS) is 11.7. The van der Waals surface area contributed by atoms with Crippen LogP contribution in [0, 0.1) is 12.3 Å². The zero-order valence-corrected chi connectivity index (χ0v) is 14.5. The third-order valence-corrected chi connectivity index (χ3v) is 3.72. The molecule has 4 nitrogen and oxygen atoms in total. The van der Waals surface area contributed by atoms with Crippen molar-refractivity contribution in [3.05, 3.63) is 0 Å². The fraction of sp³-hybridized carbons (Fsp3) is 0.789. The summed E-state index contributed by atoms with van der Waals surface area (Å²) in [6.07, 6.45) is 16.3. The van der Waals surface area contributed by atoms with E-state index >= 15 is 0 Å². The number of terminal acetylenes is 1. The topological polar surface area (TPSA) is 63.6 Å². The number of unbranched alkanes of at least 4 members (excludes halogenated alkanes) is 9. The molecule has 0 fully saturated rings. The van der Waals surface area contributed by atoms with Crippen LogP contribution in [0.3, 0.4) is 0 Å². The highest BCUT2D eigenvalue weighted by atomic mass is 16.5. The van der Waals surface area contributed by atoms with Crippen molar-refractivity contribution in [1.29, 1.82) is 0 Å².